The molecule has 0 fully saturated rings. The quantitative estimate of drug-likeness (QED) is 0.429. The molecule has 3 rings (SSSR count). The van der Waals surface area contributed by atoms with Gasteiger partial charge in [-0.05, 0) is 54.3 Å². The maximum atomic E-state index is 12.7. The Morgan fingerprint density at radius 1 is 1.07 bits per heavy atom. The van der Waals surface area contributed by atoms with Crippen molar-refractivity contribution in [3.8, 4) is 0 Å². The summed E-state index contributed by atoms with van der Waals surface area (Å²) >= 11 is 0. The van der Waals surface area contributed by atoms with Crippen LogP contribution < -0.4 is 10.6 Å². The predicted octanol–water partition coefficient (Wildman–Crippen LogP) is 3.51. The van der Waals surface area contributed by atoms with Gasteiger partial charge in [-0.15, -0.1) is 0 Å². The first-order valence-corrected chi connectivity index (χ1v) is 10.2. The smallest absolute Gasteiger partial charge is 0.304 e. The number of hydrogen-bond donors (Lipinski definition) is 3. The fraction of sp³-hybridized carbons (Fsp3) is 0.0952. The molecule has 0 bridgehead atoms. The third-order valence-corrected chi connectivity index (χ3v) is 5.14. The molecule has 3 N–H and O–H groups in total. The van der Waals surface area contributed by atoms with Gasteiger partial charge in [-0.3, -0.25) is 14.1 Å². The topological polar surface area (TPSA) is 117 Å². The first-order valence-electron chi connectivity index (χ1n) is 8.74. The average Bonchev–Trinajstić information content (AvgIpc) is 2.67. The van der Waals surface area contributed by atoms with Gasteiger partial charge in [-0.1, -0.05) is 18.2 Å². The number of hydrogen-bond acceptors (Lipinski definition) is 4. The average molecular weight is 423 g/mol. The molecule has 0 aliphatic rings. The zero-order chi connectivity index (χ0) is 21.9. The molecule has 0 aromatic heterocycles. The number of anilines is 2. The minimum Gasteiger partial charge on any atom is -0.321 e. The summed E-state index contributed by atoms with van der Waals surface area (Å²) in [5.41, 5.74) is 1.60. The fourth-order valence-corrected chi connectivity index (χ4v) is 3.83. The van der Waals surface area contributed by atoms with E-state index in [1.54, 1.807) is 31.2 Å². The van der Waals surface area contributed by atoms with Crippen molar-refractivity contribution in [2.75, 3.05) is 17.2 Å². The maximum absolute atomic E-state index is 12.7. The summed E-state index contributed by atoms with van der Waals surface area (Å²) < 4.78 is 33.4. The molecule has 0 saturated carbocycles. The fourth-order valence-electron chi connectivity index (χ4n) is 3.01. The summed E-state index contributed by atoms with van der Waals surface area (Å²) in [5.74, 6) is -0.950. The Morgan fingerprint density at radius 3 is 2.40 bits per heavy atom. The van der Waals surface area contributed by atoms with Crippen LogP contribution in [0.4, 0.5) is 11.4 Å². The molecule has 30 heavy (non-hydrogen) atoms. The van der Waals surface area contributed by atoms with Crippen molar-refractivity contribution in [3.05, 3.63) is 77.1 Å². The highest BCUT2D eigenvalue weighted by atomic mass is 32.2. The van der Waals surface area contributed by atoms with Crippen LogP contribution in [0.2, 0.25) is 0 Å². The van der Waals surface area contributed by atoms with Crippen molar-refractivity contribution in [3.63, 3.8) is 0 Å². The second-order valence-corrected chi connectivity index (χ2v) is 7.93. The third kappa shape index (κ3) is 4.63. The van der Waals surface area contributed by atoms with E-state index in [2.05, 4.69) is 15.5 Å². The highest BCUT2D eigenvalue weighted by Crippen LogP contribution is 2.31. The lowest BCUT2D eigenvalue weighted by Gasteiger charge is -2.13. The number of benzene rings is 3. The van der Waals surface area contributed by atoms with Gasteiger partial charge in [0, 0.05) is 16.6 Å². The summed E-state index contributed by atoms with van der Waals surface area (Å²) in [5, 5.41) is 5.97. The molecule has 0 aliphatic carbocycles. The largest absolute Gasteiger partial charge is 0.321 e. The first-order chi connectivity index (χ1) is 14.2. The highest BCUT2D eigenvalue weighted by molar-refractivity contribution is 7.86. The molecular weight excluding hydrogens is 406 g/mol. The monoisotopic (exact) mass is 423 g/mol. The third-order valence-electron chi connectivity index (χ3n) is 4.26. The minimum atomic E-state index is -4.51. The van der Waals surface area contributed by atoms with Gasteiger partial charge in [0.1, 0.15) is 4.90 Å². The van der Waals surface area contributed by atoms with Gasteiger partial charge in [-0.25, -0.2) is 6.57 Å². The Morgan fingerprint density at radius 2 is 1.77 bits per heavy atom. The summed E-state index contributed by atoms with van der Waals surface area (Å²) in [6.07, 6.45) is 0. The van der Waals surface area contributed by atoms with Crippen LogP contribution in [-0.2, 0) is 14.9 Å². The van der Waals surface area contributed by atoms with Crippen molar-refractivity contribution in [1.82, 2.24) is 0 Å². The van der Waals surface area contributed by atoms with E-state index in [4.69, 9.17) is 6.57 Å². The van der Waals surface area contributed by atoms with E-state index in [9.17, 15) is 22.6 Å². The molecule has 2 amide bonds. The predicted molar refractivity (Wildman–Crippen MR) is 113 cm³/mol. The van der Waals surface area contributed by atoms with Crippen molar-refractivity contribution < 1.29 is 22.6 Å². The van der Waals surface area contributed by atoms with E-state index in [0.717, 1.165) is 0 Å². The highest BCUT2D eigenvalue weighted by Gasteiger charge is 2.19. The van der Waals surface area contributed by atoms with Crippen LogP contribution >= 0.6 is 0 Å². The van der Waals surface area contributed by atoms with E-state index in [1.807, 2.05) is 0 Å². The van der Waals surface area contributed by atoms with Gasteiger partial charge in [0.2, 0.25) is 0 Å². The maximum Gasteiger partial charge on any atom is 0.304 e. The number of carbonyl (C=O) groups excluding carboxylic acids is 2. The van der Waals surface area contributed by atoms with Crippen LogP contribution in [0.5, 0.6) is 0 Å². The Hall–Kier alpha value is -3.74. The molecule has 0 aliphatic heterocycles. The molecule has 0 spiro atoms. The van der Waals surface area contributed by atoms with Crippen LogP contribution in [0.15, 0.2) is 59.5 Å². The summed E-state index contributed by atoms with van der Waals surface area (Å²) in [4.78, 5) is 26.8. The number of nitrogens with zero attached hydrogens (tertiary/aromatic N) is 1. The first kappa shape index (κ1) is 21.0. The van der Waals surface area contributed by atoms with E-state index >= 15 is 0 Å². The van der Waals surface area contributed by atoms with Gasteiger partial charge >= 0.3 is 5.91 Å². The summed E-state index contributed by atoms with van der Waals surface area (Å²) in [6, 6.07) is 14.0. The Labute approximate surface area is 173 Å². The SMILES string of the molecule is [C-]#[N+]CC(=O)Nc1ccc(C(=O)Nc2cccc3cc(C)cc(S(=O)(=O)O)c23)cc1. The van der Waals surface area contributed by atoms with Crippen LogP contribution in [-0.4, -0.2) is 31.3 Å². The normalized spacial score (nSPS) is 11.0. The number of nitrogens with one attached hydrogen (secondary N) is 2. The molecule has 152 valence electrons. The van der Waals surface area contributed by atoms with Gasteiger partial charge < -0.3 is 15.5 Å². The van der Waals surface area contributed by atoms with Gasteiger partial charge in [-0.2, -0.15) is 8.42 Å². The molecule has 0 atom stereocenters. The van der Waals surface area contributed by atoms with Gasteiger partial charge in [0.15, 0.2) is 0 Å². The zero-order valence-corrected chi connectivity index (χ0v) is 16.7. The summed E-state index contributed by atoms with van der Waals surface area (Å²) in [6.45, 7) is 8.09. The Bertz CT molecular complexity index is 1290. The number of fused-ring (bicyclic) bond motifs is 1. The number of aryl methyl sites for hydroxylation is 1. The van der Waals surface area contributed by atoms with Crippen LogP contribution in [0.3, 0.4) is 0 Å². The molecule has 0 heterocycles. The van der Waals surface area contributed by atoms with Gasteiger partial charge in [0.05, 0.1) is 5.69 Å². The molecule has 3 aromatic rings. The van der Waals surface area contributed by atoms with Crippen LogP contribution in [0.25, 0.3) is 15.6 Å². The van der Waals surface area contributed by atoms with Crippen LogP contribution in [0.1, 0.15) is 15.9 Å². The van der Waals surface area contributed by atoms with Crippen molar-refractivity contribution in [1.29, 1.82) is 0 Å². The lowest BCUT2D eigenvalue weighted by molar-refractivity contribution is -0.114. The second kappa shape index (κ2) is 8.32. The van der Waals surface area contributed by atoms with E-state index in [0.29, 0.717) is 16.6 Å². The second-order valence-electron chi connectivity index (χ2n) is 6.54. The Kier molecular flexibility index (Phi) is 5.82. The lowest BCUT2D eigenvalue weighted by atomic mass is 10.1. The van der Waals surface area contributed by atoms with E-state index in [1.165, 1.54) is 30.3 Å². The van der Waals surface area contributed by atoms with E-state index < -0.39 is 21.9 Å². The molecular formula is C21H17N3O5S. The van der Waals surface area contributed by atoms with Gasteiger partial charge in [0.25, 0.3) is 22.6 Å². The molecule has 0 unspecified atom stereocenters. The summed E-state index contributed by atoms with van der Waals surface area (Å²) in [7, 11) is -4.51. The zero-order valence-electron chi connectivity index (χ0n) is 15.8. The van der Waals surface area contributed by atoms with E-state index in [-0.39, 0.29) is 28.1 Å². The van der Waals surface area contributed by atoms with Crippen molar-refractivity contribution >= 4 is 44.1 Å². The molecule has 0 saturated heterocycles. The molecule has 9 heteroatoms. The Balaban J connectivity index is 1.92. The molecule has 3 aromatic carbocycles. The molecule has 8 nitrogen and oxygen atoms in total. The number of carbonyl (C=O) groups is 2. The number of amides is 2. The van der Waals surface area contributed by atoms with Crippen molar-refractivity contribution in [2.24, 2.45) is 0 Å². The standard InChI is InChI=1S/C21H17N3O5S/c1-13-10-15-4-3-5-17(20(15)18(11-13)30(27,28)29)24-21(26)14-6-8-16(9-7-14)23-19(25)12-22-2/h3-11H,12H2,1H3,(H,23,25)(H,24,26)(H,27,28,29). The number of rotatable bonds is 5. The minimum absolute atomic E-state index is 0.210. The van der Waals surface area contributed by atoms with Crippen molar-refractivity contribution in [2.45, 2.75) is 11.8 Å². The molecule has 0 radical (unpaired) electrons. The lowest BCUT2D eigenvalue weighted by Crippen LogP contribution is -2.15. The van der Waals surface area contributed by atoms with Crippen LogP contribution in [0, 0.1) is 13.5 Å².